The Hall–Kier alpha value is -2.08. The third-order valence-corrected chi connectivity index (χ3v) is 5.19. The van der Waals surface area contributed by atoms with Gasteiger partial charge in [0.05, 0.1) is 0 Å². The number of benzene rings is 2. The third-order valence-electron chi connectivity index (χ3n) is 5.19. The summed E-state index contributed by atoms with van der Waals surface area (Å²) in [6.45, 7) is 13.4. The summed E-state index contributed by atoms with van der Waals surface area (Å²) in [5, 5.41) is 0. The second-order valence-corrected chi connectivity index (χ2v) is 7.43. The van der Waals surface area contributed by atoms with Gasteiger partial charge >= 0.3 is 0 Å². The number of hydrogen-bond acceptors (Lipinski definition) is 0. The van der Waals surface area contributed by atoms with Gasteiger partial charge < -0.3 is 0 Å². The largest absolute Gasteiger partial charge is 0.0810 e. The minimum Gasteiger partial charge on any atom is -0.0810 e. The van der Waals surface area contributed by atoms with Gasteiger partial charge in [-0.15, -0.1) is 0 Å². The second kappa shape index (κ2) is 9.57. The molecule has 0 N–H and O–H groups in total. The van der Waals surface area contributed by atoms with E-state index in [9.17, 15) is 0 Å². The Labute approximate surface area is 160 Å². The highest BCUT2D eigenvalue weighted by Crippen LogP contribution is 2.25. The zero-order chi connectivity index (χ0) is 19.1. The number of hydrogen-bond donors (Lipinski definition) is 0. The van der Waals surface area contributed by atoms with Crippen molar-refractivity contribution in [2.24, 2.45) is 0 Å². The minimum atomic E-state index is 0.987. The van der Waals surface area contributed by atoms with Crippen molar-refractivity contribution in [3.05, 3.63) is 81.9 Å². The smallest absolute Gasteiger partial charge is 0.00828 e. The molecule has 2 rings (SSSR count). The molecule has 0 aliphatic heterocycles. The van der Waals surface area contributed by atoms with Crippen LogP contribution in [-0.4, -0.2) is 0 Å². The molecule has 138 valence electrons. The fraction of sp³-hybridized carbons (Fsp3) is 0.385. The lowest BCUT2D eigenvalue weighted by Crippen LogP contribution is -1.96. The van der Waals surface area contributed by atoms with Gasteiger partial charge in [-0.3, -0.25) is 0 Å². The molecule has 0 aliphatic rings. The molecule has 2 aromatic rings. The van der Waals surface area contributed by atoms with Gasteiger partial charge in [0.1, 0.15) is 0 Å². The molecule has 0 amide bonds. The lowest BCUT2D eigenvalue weighted by atomic mass is 9.92. The van der Waals surface area contributed by atoms with E-state index in [1.54, 1.807) is 0 Å². The van der Waals surface area contributed by atoms with Gasteiger partial charge in [0.2, 0.25) is 0 Å². The van der Waals surface area contributed by atoms with E-state index < -0.39 is 0 Å². The molecule has 0 saturated carbocycles. The highest BCUT2D eigenvalue weighted by atomic mass is 14.1. The van der Waals surface area contributed by atoms with Crippen LogP contribution in [0.2, 0.25) is 0 Å². The lowest BCUT2D eigenvalue weighted by molar-refractivity contribution is 0.958. The first-order valence-electron chi connectivity index (χ1n) is 9.99. The van der Waals surface area contributed by atoms with Gasteiger partial charge in [0, 0.05) is 0 Å². The van der Waals surface area contributed by atoms with Crippen molar-refractivity contribution in [3.63, 3.8) is 0 Å². The Bertz CT molecular complexity index is 803. The van der Waals surface area contributed by atoms with Crippen LogP contribution in [-0.2, 0) is 12.8 Å². The summed E-state index contributed by atoms with van der Waals surface area (Å²) in [4.78, 5) is 0. The molecule has 0 bridgehead atoms. The Kier molecular flexibility index (Phi) is 7.45. The number of allylic oxidation sites excluding steroid dienone is 4. The molecular formula is C26H34. The predicted molar refractivity (Wildman–Crippen MR) is 118 cm³/mol. The van der Waals surface area contributed by atoms with Crippen LogP contribution in [0.15, 0.2) is 48.6 Å². The van der Waals surface area contributed by atoms with Crippen LogP contribution in [0.3, 0.4) is 0 Å². The molecule has 0 heteroatoms. The van der Waals surface area contributed by atoms with Crippen LogP contribution in [0.1, 0.15) is 73.9 Å². The Balaban J connectivity index is 2.34. The van der Waals surface area contributed by atoms with Crippen molar-refractivity contribution in [1.82, 2.24) is 0 Å². The van der Waals surface area contributed by atoms with Crippen LogP contribution in [0, 0.1) is 13.8 Å². The highest BCUT2D eigenvalue weighted by molar-refractivity contribution is 5.70. The zero-order valence-electron chi connectivity index (χ0n) is 17.4. The van der Waals surface area contributed by atoms with Gasteiger partial charge in [-0.05, 0) is 85.9 Å². The standard InChI is InChI=1S/C26H34/c1-7-9-11-21(5)25-13-10-12-22(6)26(25)15-14-20(4)24-17-19(3)16-23(8-2)18-24/h10-14,16-18H,7-9,15H2,1-6H3/b20-14+,21-11+. The molecule has 0 atom stereocenters. The summed E-state index contributed by atoms with van der Waals surface area (Å²) in [6.07, 6.45) is 9.20. The topological polar surface area (TPSA) is 0 Å². The van der Waals surface area contributed by atoms with E-state index >= 15 is 0 Å². The number of rotatable bonds is 7. The summed E-state index contributed by atoms with van der Waals surface area (Å²) in [5.74, 6) is 0. The quantitative estimate of drug-likeness (QED) is 0.481. The second-order valence-electron chi connectivity index (χ2n) is 7.43. The molecule has 0 saturated heterocycles. The van der Waals surface area contributed by atoms with E-state index in [0.717, 1.165) is 19.3 Å². The van der Waals surface area contributed by atoms with Crippen molar-refractivity contribution in [3.8, 4) is 0 Å². The molecule has 0 radical (unpaired) electrons. The molecule has 26 heavy (non-hydrogen) atoms. The van der Waals surface area contributed by atoms with E-state index in [4.69, 9.17) is 0 Å². The summed E-state index contributed by atoms with van der Waals surface area (Å²) >= 11 is 0. The fourth-order valence-electron chi connectivity index (χ4n) is 3.48. The average molecular weight is 347 g/mol. The first kappa shape index (κ1) is 20.2. The maximum atomic E-state index is 2.40. The Morgan fingerprint density at radius 2 is 1.69 bits per heavy atom. The van der Waals surface area contributed by atoms with Crippen molar-refractivity contribution in [2.75, 3.05) is 0 Å². The maximum Gasteiger partial charge on any atom is -0.00828 e. The third kappa shape index (κ3) is 5.21. The highest BCUT2D eigenvalue weighted by Gasteiger charge is 2.07. The maximum absolute atomic E-state index is 2.40. The number of unbranched alkanes of at least 4 members (excludes halogenated alkanes) is 1. The molecular weight excluding hydrogens is 312 g/mol. The molecule has 2 aromatic carbocycles. The minimum absolute atomic E-state index is 0.987. The first-order chi connectivity index (χ1) is 12.5. The Morgan fingerprint density at radius 3 is 2.38 bits per heavy atom. The average Bonchev–Trinajstić information content (AvgIpc) is 2.64. The monoisotopic (exact) mass is 346 g/mol. The number of aryl methyl sites for hydroxylation is 3. The van der Waals surface area contributed by atoms with Crippen LogP contribution < -0.4 is 0 Å². The SMILES string of the molecule is CCC/C=C(\C)c1cccc(C)c1C/C=C(\C)c1cc(C)cc(CC)c1. The summed E-state index contributed by atoms with van der Waals surface area (Å²) < 4.78 is 0. The predicted octanol–water partition coefficient (Wildman–Crippen LogP) is 7.72. The molecule has 0 aliphatic carbocycles. The van der Waals surface area contributed by atoms with Crippen molar-refractivity contribution in [2.45, 2.75) is 67.2 Å². The van der Waals surface area contributed by atoms with Crippen LogP contribution in [0.25, 0.3) is 11.1 Å². The van der Waals surface area contributed by atoms with E-state index in [2.05, 4.69) is 90.1 Å². The Morgan fingerprint density at radius 1 is 0.923 bits per heavy atom. The fourth-order valence-corrected chi connectivity index (χ4v) is 3.48. The first-order valence-corrected chi connectivity index (χ1v) is 9.99. The molecule has 0 heterocycles. The molecule has 0 nitrogen and oxygen atoms in total. The zero-order valence-corrected chi connectivity index (χ0v) is 17.4. The van der Waals surface area contributed by atoms with Gasteiger partial charge in [-0.25, -0.2) is 0 Å². The molecule has 0 spiro atoms. The van der Waals surface area contributed by atoms with Gasteiger partial charge in [0.15, 0.2) is 0 Å². The van der Waals surface area contributed by atoms with Crippen LogP contribution in [0.4, 0.5) is 0 Å². The molecule has 0 fully saturated rings. The van der Waals surface area contributed by atoms with Crippen molar-refractivity contribution in [1.29, 1.82) is 0 Å². The van der Waals surface area contributed by atoms with Gasteiger partial charge in [-0.1, -0.05) is 74.4 Å². The normalized spacial score (nSPS) is 12.5. The molecule has 0 aromatic heterocycles. The van der Waals surface area contributed by atoms with E-state index in [1.807, 2.05) is 0 Å². The summed E-state index contributed by atoms with van der Waals surface area (Å²) in [5.41, 5.74) is 11.1. The van der Waals surface area contributed by atoms with E-state index in [0.29, 0.717) is 0 Å². The lowest BCUT2D eigenvalue weighted by Gasteiger charge is -2.13. The molecule has 0 unspecified atom stereocenters. The van der Waals surface area contributed by atoms with E-state index in [-0.39, 0.29) is 0 Å². The van der Waals surface area contributed by atoms with Gasteiger partial charge in [0.25, 0.3) is 0 Å². The summed E-state index contributed by atoms with van der Waals surface area (Å²) in [6, 6.07) is 13.6. The van der Waals surface area contributed by atoms with Crippen LogP contribution >= 0.6 is 0 Å². The summed E-state index contributed by atoms with van der Waals surface area (Å²) in [7, 11) is 0. The van der Waals surface area contributed by atoms with Crippen molar-refractivity contribution < 1.29 is 0 Å². The van der Waals surface area contributed by atoms with Crippen LogP contribution in [0.5, 0.6) is 0 Å². The van der Waals surface area contributed by atoms with E-state index in [1.165, 1.54) is 50.9 Å². The van der Waals surface area contributed by atoms with Crippen molar-refractivity contribution >= 4 is 11.1 Å². The van der Waals surface area contributed by atoms with Gasteiger partial charge in [-0.2, -0.15) is 0 Å².